The van der Waals surface area contributed by atoms with Crippen LogP contribution in [0.5, 0.6) is 0 Å². The molecule has 0 unspecified atom stereocenters. The number of hydrogen-bond acceptors (Lipinski definition) is 8. The number of carbonyl (C=O) groups excluding carboxylic acids is 2. The summed E-state index contributed by atoms with van der Waals surface area (Å²) in [5.41, 5.74) is -7.85. The van der Waals surface area contributed by atoms with Gasteiger partial charge < -0.3 is 0 Å². The van der Waals surface area contributed by atoms with E-state index >= 15 is 0 Å². The molecule has 3 rings (SSSR count). The molecule has 0 aliphatic heterocycles. The van der Waals surface area contributed by atoms with Crippen molar-refractivity contribution in [3.63, 3.8) is 0 Å². The standard InChI is InChI=1S/C12H2N2O6/c15-3-1-2-4(16)6-5(3)13-7-8(14-6)10(18)12(20)11(19)9(7)17/h1-2H. The molecule has 96 valence electrons. The van der Waals surface area contributed by atoms with Gasteiger partial charge in [0.1, 0.15) is 22.4 Å². The highest BCUT2D eigenvalue weighted by atomic mass is 16.2. The molecular weight excluding hydrogens is 268 g/mol. The molecule has 8 nitrogen and oxygen atoms in total. The highest BCUT2D eigenvalue weighted by Crippen LogP contribution is 2.13. The zero-order chi connectivity index (χ0) is 14.6. The number of hydrogen-bond donors (Lipinski definition) is 0. The molecule has 0 radical (unpaired) electrons. The molecular formula is C12H2N2O6. The third-order valence-corrected chi connectivity index (χ3v) is 2.80. The Morgan fingerprint density at radius 3 is 1.25 bits per heavy atom. The van der Waals surface area contributed by atoms with Crippen molar-refractivity contribution in [2.24, 2.45) is 0 Å². The van der Waals surface area contributed by atoms with Crippen LogP contribution in [0.2, 0.25) is 0 Å². The fraction of sp³-hybridized carbons (Fsp3) is 0. The Kier molecular flexibility index (Phi) is 2.18. The van der Waals surface area contributed by atoms with Gasteiger partial charge in [0.25, 0.3) is 21.7 Å². The van der Waals surface area contributed by atoms with E-state index in [2.05, 4.69) is 9.97 Å². The summed E-state index contributed by atoms with van der Waals surface area (Å²) in [5, 5.41) is 0. The maximum absolute atomic E-state index is 11.6. The van der Waals surface area contributed by atoms with Gasteiger partial charge in [-0.3, -0.25) is 28.8 Å². The largest absolute Gasteiger partial charge is 0.287 e. The zero-order valence-electron chi connectivity index (χ0n) is 9.50. The molecule has 0 fully saturated rings. The van der Waals surface area contributed by atoms with E-state index in [1.165, 1.54) is 0 Å². The van der Waals surface area contributed by atoms with Crippen molar-refractivity contribution in [2.45, 2.75) is 0 Å². The smallest absolute Gasteiger partial charge is 0.279 e. The summed E-state index contributed by atoms with van der Waals surface area (Å²) in [7, 11) is 0. The predicted molar refractivity (Wildman–Crippen MR) is 64.8 cm³/mol. The average molecular weight is 270 g/mol. The van der Waals surface area contributed by atoms with Crippen LogP contribution in [0.3, 0.4) is 0 Å². The van der Waals surface area contributed by atoms with Gasteiger partial charge in [0, 0.05) is 0 Å². The van der Waals surface area contributed by atoms with Gasteiger partial charge in [-0.05, 0) is 12.2 Å². The summed E-state index contributed by atoms with van der Waals surface area (Å²) in [6.45, 7) is 0. The first kappa shape index (κ1) is 11.9. The number of nitrogens with zero attached hydrogens (tertiary/aromatic N) is 2. The minimum Gasteiger partial charge on any atom is -0.287 e. The Labute approximate surface area is 107 Å². The molecule has 1 aliphatic carbocycles. The minimum atomic E-state index is -1.53. The first-order valence-electron chi connectivity index (χ1n) is 5.28. The van der Waals surface area contributed by atoms with Gasteiger partial charge in [0.15, 0.2) is 0 Å². The monoisotopic (exact) mass is 270 g/mol. The van der Waals surface area contributed by atoms with Crippen molar-refractivity contribution in [3.05, 3.63) is 64.4 Å². The van der Waals surface area contributed by atoms with Crippen molar-refractivity contribution < 1.29 is 9.59 Å². The molecule has 2 aromatic rings. The summed E-state index contributed by atoms with van der Waals surface area (Å²) >= 11 is 0. The molecule has 0 saturated carbocycles. The molecule has 8 heteroatoms. The third kappa shape index (κ3) is 1.35. The minimum absolute atomic E-state index is 0.417. The van der Waals surface area contributed by atoms with Crippen LogP contribution < -0.4 is 21.7 Å². The van der Waals surface area contributed by atoms with E-state index in [9.17, 15) is 28.8 Å². The molecule has 0 atom stereocenters. The first-order valence-corrected chi connectivity index (χ1v) is 5.28. The van der Waals surface area contributed by atoms with Crippen LogP contribution >= 0.6 is 0 Å². The zero-order valence-corrected chi connectivity index (χ0v) is 9.50. The third-order valence-electron chi connectivity index (χ3n) is 2.80. The van der Waals surface area contributed by atoms with Gasteiger partial charge in [0.2, 0.25) is 11.6 Å². The Hall–Kier alpha value is -3.16. The molecule has 1 aromatic carbocycles. The Morgan fingerprint density at radius 2 is 0.900 bits per heavy atom. The van der Waals surface area contributed by atoms with Crippen LogP contribution in [-0.2, 0) is 0 Å². The van der Waals surface area contributed by atoms with Crippen LogP contribution in [0, 0.1) is 0 Å². The first-order chi connectivity index (χ1) is 9.41. The van der Waals surface area contributed by atoms with E-state index < -0.39 is 55.7 Å². The molecule has 0 N–H and O–H groups in total. The lowest BCUT2D eigenvalue weighted by atomic mass is 10.0. The van der Waals surface area contributed by atoms with Gasteiger partial charge in [-0.15, -0.1) is 0 Å². The summed E-state index contributed by atoms with van der Waals surface area (Å²) in [4.78, 5) is 76.0. The van der Waals surface area contributed by atoms with Crippen LogP contribution in [0.15, 0.2) is 31.3 Å². The van der Waals surface area contributed by atoms with Gasteiger partial charge in [0.05, 0.1) is 0 Å². The summed E-state index contributed by atoms with van der Waals surface area (Å²) in [6, 6.07) is 0. The summed E-state index contributed by atoms with van der Waals surface area (Å²) < 4.78 is 0. The van der Waals surface area contributed by atoms with Crippen molar-refractivity contribution in [1.29, 1.82) is 0 Å². The second kappa shape index (κ2) is 3.67. The maximum Gasteiger partial charge on any atom is 0.279 e. The Bertz CT molecular complexity index is 972. The van der Waals surface area contributed by atoms with Crippen molar-refractivity contribution in [2.75, 3.05) is 0 Å². The molecule has 1 heterocycles. The van der Waals surface area contributed by atoms with Crippen molar-refractivity contribution in [1.82, 2.24) is 9.97 Å². The fourth-order valence-corrected chi connectivity index (χ4v) is 1.83. The molecule has 0 bridgehead atoms. The van der Waals surface area contributed by atoms with Crippen LogP contribution in [-0.4, -0.2) is 21.5 Å². The Balaban J connectivity index is 2.64. The van der Waals surface area contributed by atoms with Gasteiger partial charge in [-0.25, -0.2) is 9.97 Å². The molecule has 20 heavy (non-hydrogen) atoms. The maximum atomic E-state index is 11.6. The van der Waals surface area contributed by atoms with Gasteiger partial charge in [-0.2, -0.15) is 0 Å². The SMILES string of the molecule is O=C1C=CC(=O)c2nc3c(=O)c(=O)c(=O)c(=O)c3nc21. The number of fused-ring (bicyclic) bond motifs is 2. The second-order valence-corrected chi connectivity index (χ2v) is 4.00. The van der Waals surface area contributed by atoms with E-state index in [4.69, 9.17) is 0 Å². The van der Waals surface area contributed by atoms with E-state index in [-0.39, 0.29) is 0 Å². The highest BCUT2D eigenvalue weighted by molar-refractivity contribution is 6.20. The normalized spacial score (nSPS) is 13.8. The van der Waals surface area contributed by atoms with Crippen molar-refractivity contribution >= 4 is 22.6 Å². The topological polar surface area (TPSA) is 128 Å². The lowest BCUT2D eigenvalue weighted by Gasteiger charge is -2.06. The van der Waals surface area contributed by atoms with Crippen molar-refractivity contribution in [3.8, 4) is 0 Å². The summed E-state index contributed by atoms with van der Waals surface area (Å²) in [5.74, 6) is -1.36. The van der Waals surface area contributed by atoms with Crippen LogP contribution in [0.25, 0.3) is 11.0 Å². The lowest BCUT2D eigenvalue weighted by Crippen LogP contribution is -2.47. The summed E-state index contributed by atoms with van der Waals surface area (Å²) in [6.07, 6.45) is 1.88. The number of aromatic nitrogens is 2. The molecule has 1 aromatic heterocycles. The average Bonchev–Trinajstić information content (AvgIpc) is 2.45. The van der Waals surface area contributed by atoms with E-state index in [1.807, 2.05) is 0 Å². The molecule has 1 aliphatic rings. The number of ketones is 2. The lowest BCUT2D eigenvalue weighted by molar-refractivity contribution is 0.0987. The van der Waals surface area contributed by atoms with Gasteiger partial charge in [-0.1, -0.05) is 0 Å². The van der Waals surface area contributed by atoms with E-state index in [0.717, 1.165) is 12.2 Å². The van der Waals surface area contributed by atoms with Crippen LogP contribution in [0.1, 0.15) is 21.0 Å². The molecule has 0 amide bonds. The molecule has 0 saturated heterocycles. The van der Waals surface area contributed by atoms with E-state index in [0.29, 0.717) is 0 Å². The number of allylic oxidation sites excluding steroid dienone is 2. The predicted octanol–water partition coefficient (Wildman–Crippen LogP) is -2.12. The number of carbonyl (C=O) groups is 2. The Morgan fingerprint density at radius 1 is 0.550 bits per heavy atom. The second-order valence-electron chi connectivity index (χ2n) is 4.00. The fourth-order valence-electron chi connectivity index (χ4n) is 1.83. The van der Waals surface area contributed by atoms with Crippen LogP contribution in [0.4, 0.5) is 0 Å². The van der Waals surface area contributed by atoms with Gasteiger partial charge >= 0.3 is 0 Å². The number of benzene rings is 1. The molecule has 0 spiro atoms. The number of rotatable bonds is 0. The highest BCUT2D eigenvalue weighted by Gasteiger charge is 2.26. The quantitative estimate of drug-likeness (QED) is 0.497. The van der Waals surface area contributed by atoms with E-state index in [1.54, 1.807) is 0 Å².